The standard InChI is InChI=1S/C29H35N5O6/c1-29(2,3)40-28(38)32-12-14-33(15-13-32)31-26(36)20-6-4-19(5-7-20)17-34(22-9-10-22)27(37)21-8-11-23-24(16-21)39-18-25(35)30-23/h4-8,11,16,22H,9-10,12-15,17-18H2,1-3H3,(H,30,35)(H,31,36). The normalized spacial score (nSPS) is 17.3. The predicted octanol–water partition coefficient (Wildman–Crippen LogP) is 3.02. The zero-order valence-electron chi connectivity index (χ0n) is 23.1. The zero-order valence-corrected chi connectivity index (χ0v) is 23.1. The van der Waals surface area contributed by atoms with Crippen LogP contribution in [0.25, 0.3) is 0 Å². The van der Waals surface area contributed by atoms with E-state index in [1.54, 1.807) is 40.2 Å². The molecule has 0 radical (unpaired) electrons. The molecule has 0 unspecified atom stereocenters. The maximum atomic E-state index is 13.4. The van der Waals surface area contributed by atoms with Gasteiger partial charge in [-0.1, -0.05) is 12.1 Å². The molecule has 1 aliphatic carbocycles. The van der Waals surface area contributed by atoms with Crippen LogP contribution in [0.15, 0.2) is 42.5 Å². The number of nitrogens with zero attached hydrogens (tertiary/aromatic N) is 3. The molecule has 212 valence electrons. The highest BCUT2D eigenvalue weighted by Crippen LogP contribution is 2.33. The number of hydrogen-bond acceptors (Lipinski definition) is 7. The Hall–Kier alpha value is -4.12. The number of hydrazine groups is 1. The molecule has 1 saturated heterocycles. The first kappa shape index (κ1) is 27.4. The molecule has 0 aromatic heterocycles. The number of piperazine rings is 1. The molecular weight excluding hydrogens is 514 g/mol. The van der Waals surface area contributed by atoms with E-state index in [-0.39, 0.29) is 36.5 Å². The van der Waals surface area contributed by atoms with Crippen LogP contribution in [0.3, 0.4) is 0 Å². The Morgan fingerprint density at radius 1 is 1.02 bits per heavy atom. The van der Waals surface area contributed by atoms with E-state index in [2.05, 4.69) is 10.7 Å². The minimum atomic E-state index is -0.548. The summed E-state index contributed by atoms with van der Waals surface area (Å²) in [5.41, 5.74) is 4.86. The van der Waals surface area contributed by atoms with Gasteiger partial charge in [0.15, 0.2) is 6.61 Å². The fourth-order valence-electron chi connectivity index (χ4n) is 4.62. The van der Waals surface area contributed by atoms with Crippen molar-refractivity contribution in [3.05, 3.63) is 59.2 Å². The van der Waals surface area contributed by atoms with E-state index in [0.717, 1.165) is 18.4 Å². The van der Waals surface area contributed by atoms with Crippen molar-refractivity contribution in [3.63, 3.8) is 0 Å². The maximum Gasteiger partial charge on any atom is 0.410 e. The number of ether oxygens (including phenoxy) is 2. The second-order valence-corrected chi connectivity index (χ2v) is 11.3. The summed E-state index contributed by atoms with van der Waals surface area (Å²) in [6.07, 6.45) is 1.55. The number of anilines is 1. The van der Waals surface area contributed by atoms with Crippen molar-refractivity contribution >= 4 is 29.5 Å². The maximum absolute atomic E-state index is 13.4. The van der Waals surface area contributed by atoms with E-state index in [9.17, 15) is 19.2 Å². The number of benzene rings is 2. The van der Waals surface area contributed by atoms with Gasteiger partial charge in [0.05, 0.1) is 5.69 Å². The van der Waals surface area contributed by atoms with E-state index in [1.165, 1.54) is 0 Å². The van der Waals surface area contributed by atoms with Gasteiger partial charge in [0, 0.05) is 49.9 Å². The molecule has 1 saturated carbocycles. The van der Waals surface area contributed by atoms with Gasteiger partial charge in [-0.15, -0.1) is 0 Å². The Balaban J connectivity index is 1.15. The molecular formula is C29H35N5O6. The van der Waals surface area contributed by atoms with Crippen molar-refractivity contribution in [2.45, 2.75) is 51.8 Å². The first-order chi connectivity index (χ1) is 19.1. The lowest BCUT2D eigenvalue weighted by Crippen LogP contribution is -2.55. The molecule has 40 heavy (non-hydrogen) atoms. The van der Waals surface area contributed by atoms with E-state index in [4.69, 9.17) is 9.47 Å². The number of amides is 4. The van der Waals surface area contributed by atoms with Crippen LogP contribution in [0.4, 0.5) is 10.5 Å². The van der Waals surface area contributed by atoms with Gasteiger partial charge in [0.2, 0.25) is 0 Å². The number of hydrogen-bond donors (Lipinski definition) is 2. The largest absolute Gasteiger partial charge is 0.482 e. The number of carbonyl (C=O) groups excluding carboxylic acids is 4. The lowest BCUT2D eigenvalue weighted by molar-refractivity contribution is -0.118. The van der Waals surface area contributed by atoms with Crippen molar-refractivity contribution in [2.75, 3.05) is 38.1 Å². The van der Waals surface area contributed by atoms with Crippen molar-refractivity contribution in [1.29, 1.82) is 0 Å². The molecule has 2 aliphatic heterocycles. The molecule has 2 heterocycles. The van der Waals surface area contributed by atoms with Crippen molar-refractivity contribution in [2.24, 2.45) is 0 Å². The van der Waals surface area contributed by atoms with Crippen LogP contribution < -0.4 is 15.5 Å². The number of rotatable bonds is 6. The fourth-order valence-corrected chi connectivity index (χ4v) is 4.62. The smallest absolute Gasteiger partial charge is 0.410 e. The summed E-state index contributed by atoms with van der Waals surface area (Å²) in [7, 11) is 0. The number of carbonyl (C=O) groups is 4. The summed E-state index contributed by atoms with van der Waals surface area (Å²) in [6.45, 7) is 7.79. The highest BCUT2D eigenvalue weighted by molar-refractivity contribution is 5.99. The summed E-state index contributed by atoms with van der Waals surface area (Å²) in [6, 6.07) is 12.5. The Kier molecular flexibility index (Phi) is 7.66. The lowest BCUT2D eigenvalue weighted by atomic mass is 10.1. The molecule has 0 bridgehead atoms. The van der Waals surface area contributed by atoms with Crippen LogP contribution in [-0.2, 0) is 16.1 Å². The van der Waals surface area contributed by atoms with E-state index < -0.39 is 5.60 Å². The summed E-state index contributed by atoms with van der Waals surface area (Å²) in [5, 5.41) is 4.54. The number of fused-ring (bicyclic) bond motifs is 1. The van der Waals surface area contributed by atoms with Crippen LogP contribution in [0.1, 0.15) is 59.9 Å². The summed E-state index contributed by atoms with van der Waals surface area (Å²) in [5.74, 6) is -0.0569. The zero-order chi connectivity index (χ0) is 28.4. The van der Waals surface area contributed by atoms with Crippen LogP contribution >= 0.6 is 0 Å². The molecule has 4 amide bonds. The van der Waals surface area contributed by atoms with Crippen LogP contribution in [-0.4, -0.2) is 83.1 Å². The van der Waals surface area contributed by atoms with E-state index in [0.29, 0.717) is 55.3 Å². The average molecular weight is 550 g/mol. The van der Waals surface area contributed by atoms with Gasteiger partial charge in [-0.05, 0) is 69.5 Å². The van der Waals surface area contributed by atoms with E-state index >= 15 is 0 Å². The van der Waals surface area contributed by atoms with Crippen LogP contribution in [0, 0.1) is 0 Å². The quantitative estimate of drug-likeness (QED) is 0.568. The fraction of sp³-hybridized carbons (Fsp3) is 0.448. The van der Waals surface area contributed by atoms with Crippen molar-refractivity contribution < 1.29 is 28.7 Å². The highest BCUT2D eigenvalue weighted by atomic mass is 16.6. The van der Waals surface area contributed by atoms with Gasteiger partial charge >= 0.3 is 6.09 Å². The van der Waals surface area contributed by atoms with Crippen LogP contribution in [0.2, 0.25) is 0 Å². The van der Waals surface area contributed by atoms with E-state index in [1.807, 2.05) is 37.8 Å². The molecule has 2 aromatic carbocycles. The van der Waals surface area contributed by atoms with Gasteiger partial charge in [0.25, 0.3) is 17.7 Å². The molecule has 11 heteroatoms. The summed E-state index contributed by atoms with van der Waals surface area (Å²) < 4.78 is 10.9. The minimum Gasteiger partial charge on any atom is -0.482 e. The third-order valence-electron chi connectivity index (χ3n) is 6.87. The second kappa shape index (κ2) is 11.2. The molecule has 11 nitrogen and oxygen atoms in total. The Morgan fingerprint density at radius 2 is 1.70 bits per heavy atom. The molecule has 2 aromatic rings. The summed E-state index contributed by atoms with van der Waals surface area (Å²) >= 11 is 0. The lowest BCUT2D eigenvalue weighted by Gasteiger charge is -2.35. The first-order valence-corrected chi connectivity index (χ1v) is 13.6. The monoisotopic (exact) mass is 549 g/mol. The first-order valence-electron chi connectivity index (χ1n) is 13.6. The molecule has 0 atom stereocenters. The van der Waals surface area contributed by atoms with Gasteiger partial charge < -0.3 is 24.6 Å². The highest BCUT2D eigenvalue weighted by Gasteiger charge is 2.34. The predicted molar refractivity (Wildman–Crippen MR) is 147 cm³/mol. The Morgan fingerprint density at radius 3 is 2.35 bits per heavy atom. The van der Waals surface area contributed by atoms with Gasteiger partial charge in [-0.2, -0.15) is 0 Å². The van der Waals surface area contributed by atoms with Gasteiger partial charge in [-0.25, -0.2) is 9.80 Å². The SMILES string of the molecule is CC(C)(C)OC(=O)N1CCN(NC(=O)c2ccc(CN(C(=O)c3ccc4c(c3)OCC(=O)N4)C3CC3)cc2)CC1. The van der Waals surface area contributed by atoms with Crippen molar-refractivity contribution in [1.82, 2.24) is 20.2 Å². The molecule has 0 spiro atoms. The summed E-state index contributed by atoms with van der Waals surface area (Å²) in [4.78, 5) is 53.5. The molecule has 2 N–H and O–H groups in total. The topological polar surface area (TPSA) is 121 Å². The molecule has 5 rings (SSSR count). The average Bonchev–Trinajstić information content (AvgIpc) is 3.76. The Labute approximate surface area is 233 Å². The Bertz CT molecular complexity index is 1290. The van der Waals surface area contributed by atoms with Gasteiger partial charge in [-0.3, -0.25) is 19.8 Å². The molecule has 3 aliphatic rings. The molecule has 2 fully saturated rings. The third kappa shape index (κ3) is 6.71. The van der Waals surface area contributed by atoms with Crippen LogP contribution in [0.5, 0.6) is 5.75 Å². The van der Waals surface area contributed by atoms with Crippen molar-refractivity contribution in [3.8, 4) is 5.75 Å². The van der Waals surface area contributed by atoms with Gasteiger partial charge in [0.1, 0.15) is 11.4 Å². The second-order valence-electron chi connectivity index (χ2n) is 11.3. The number of nitrogens with one attached hydrogen (secondary N) is 2. The third-order valence-corrected chi connectivity index (χ3v) is 6.87. The minimum absolute atomic E-state index is 0.0702.